The van der Waals surface area contributed by atoms with Gasteiger partial charge in [-0.15, -0.1) is 0 Å². The first-order valence-corrected chi connectivity index (χ1v) is 2.60. The second-order valence-corrected chi connectivity index (χ2v) is 2.22. The number of carboxylic acid groups (broad SMARTS) is 1. The van der Waals surface area contributed by atoms with E-state index < -0.39 is 12.0 Å². The lowest BCUT2D eigenvalue weighted by Crippen LogP contribution is -2.28. The van der Waals surface area contributed by atoms with E-state index in [4.69, 9.17) is 5.11 Å². The molecule has 0 aliphatic heterocycles. The first kappa shape index (κ1) is 7.78. The van der Waals surface area contributed by atoms with Gasteiger partial charge in [-0.3, -0.25) is 4.79 Å². The molecule has 0 aliphatic carbocycles. The van der Waals surface area contributed by atoms with E-state index in [1.807, 2.05) is 0 Å². The Labute approximate surface area is 53.8 Å². The fourth-order valence-electron chi connectivity index (χ4n) is 0.160. The normalized spacial score (nSPS) is 14.0. The molecule has 48 valence electrons. The molecule has 0 amide bonds. The lowest BCUT2D eigenvalue weighted by Gasteiger charge is -2.11. The highest BCUT2D eigenvalue weighted by atomic mass is 32.1. The van der Waals surface area contributed by atoms with Crippen molar-refractivity contribution in [2.75, 3.05) is 7.05 Å². The maximum Gasteiger partial charge on any atom is 0.321 e. The molecular formula is C4H9NO2S. The largest absolute Gasteiger partial charge is 0.480 e. The fraction of sp³-hybridized carbons (Fsp3) is 0.750. The van der Waals surface area contributed by atoms with Gasteiger partial charge in [0.05, 0.1) is 0 Å². The van der Waals surface area contributed by atoms with Crippen LogP contribution in [0.5, 0.6) is 0 Å². The Morgan fingerprint density at radius 1 is 1.88 bits per heavy atom. The van der Waals surface area contributed by atoms with Crippen molar-refractivity contribution in [3.63, 3.8) is 0 Å². The van der Waals surface area contributed by atoms with Gasteiger partial charge in [0.1, 0.15) is 6.04 Å². The average Bonchev–Trinajstić information content (AvgIpc) is 1.64. The van der Waals surface area contributed by atoms with Gasteiger partial charge >= 0.3 is 5.97 Å². The topological polar surface area (TPSA) is 40.5 Å². The fourth-order valence-corrected chi connectivity index (χ4v) is 0.259. The number of rotatable bonds is 2. The van der Waals surface area contributed by atoms with Crippen LogP contribution in [0.3, 0.4) is 0 Å². The van der Waals surface area contributed by atoms with Crippen molar-refractivity contribution in [3.8, 4) is 0 Å². The van der Waals surface area contributed by atoms with Crippen LogP contribution < -0.4 is 0 Å². The summed E-state index contributed by atoms with van der Waals surface area (Å²) in [6, 6.07) is -0.515. The first-order chi connectivity index (χ1) is 3.55. The van der Waals surface area contributed by atoms with Gasteiger partial charge in [-0.05, 0) is 14.0 Å². The maximum absolute atomic E-state index is 10.1. The molecule has 0 fully saturated rings. The molecule has 0 saturated heterocycles. The molecule has 3 nitrogen and oxygen atoms in total. The Morgan fingerprint density at radius 2 is 2.25 bits per heavy atom. The van der Waals surface area contributed by atoms with Crippen LogP contribution in [0.4, 0.5) is 0 Å². The lowest BCUT2D eigenvalue weighted by molar-refractivity contribution is -0.140. The van der Waals surface area contributed by atoms with Gasteiger partial charge < -0.3 is 5.11 Å². The zero-order valence-electron chi connectivity index (χ0n) is 4.83. The Kier molecular flexibility index (Phi) is 2.86. The molecule has 0 aromatic heterocycles. The van der Waals surface area contributed by atoms with Crippen molar-refractivity contribution in [3.05, 3.63) is 0 Å². The van der Waals surface area contributed by atoms with E-state index in [0.29, 0.717) is 0 Å². The molecule has 0 aromatic rings. The molecule has 8 heavy (non-hydrogen) atoms. The molecule has 0 aliphatic rings. The van der Waals surface area contributed by atoms with Gasteiger partial charge in [0.25, 0.3) is 0 Å². The number of nitrogens with zero attached hydrogens (tertiary/aromatic N) is 1. The van der Waals surface area contributed by atoms with Crippen LogP contribution in [0.2, 0.25) is 0 Å². The number of carbonyl (C=O) groups is 1. The van der Waals surface area contributed by atoms with E-state index in [0.717, 1.165) is 0 Å². The number of hydrogen-bond donors (Lipinski definition) is 2. The van der Waals surface area contributed by atoms with E-state index in [1.54, 1.807) is 14.0 Å². The van der Waals surface area contributed by atoms with Gasteiger partial charge in [-0.1, -0.05) is 12.8 Å². The smallest absolute Gasteiger partial charge is 0.321 e. The summed E-state index contributed by atoms with van der Waals surface area (Å²) in [5, 5.41) is 8.26. The SMILES string of the molecule is C[C@H](C(=O)O)N(C)S. The summed E-state index contributed by atoms with van der Waals surface area (Å²) in [7, 11) is 1.60. The molecule has 0 spiro atoms. The third-order valence-electron chi connectivity index (χ3n) is 0.918. The monoisotopic (exact) mass is 135 g/mol. The summed E-state index contributed by atoms with van der Waals surface area (Å²) in [5.41, 5.74) is 0. The van der Waals surface area contributed by atoms with Crippen molar-refractivity contribution in [2.24, 2.45) is 0 Å². The molecule has 0 bridgehead atoms. The molecule has 0 radical (unpaired) electrons. The van der Waals surface area contributed by atoms with Gasteiger partial charge in [-0.2, -0.15) is 0 Å². The number of aliphatic carboxylic acids is 1. The third-order valence-corrected chi connectivity index (χ3v) is 1.26. The molecule has 0 saturated carbocycles. The summed E-state index contributed by atoms with van der Waals surface area (Å²) in [5.74, 6) is -0.859. The predicted molar refractivity (Wildman–Crippen MR) is 33.8 cm³/mol. The highest BCUT2D eigenvalue weighted by Crippen LogP contribution is 1.96. The van der Waals surface area contributed by atoms with Gasteiger partial charge in [0.2, 0.25) is 0 Å². The van der Waals surface area contributed by atoms with Crippen molar-refractivity contribution >= 4 is 18.8 Å². The van der Waals surface area contributed by atoms with E-state index in [-0.39, 0.29) is 0 Å². The zero-order chi connectivity index (χ0) is 6.73. The number of likely N-dealkylation sites (N-methyl/N-ethyl adjacent to an activating group) is 1. The van der Waals surface area contributed by atoms with Crippen molar-refractivity contribution in [2.45, 2.75) is 13.0 Å². The second kappa shape index (κ2) is 2.94. The van der Waals surface area contributed by atoms with Crippen molar-refractivity contribution < 1.29 is 9.90 Å². The van der Waals surface area contributed by atoms with Crippen LogP contribution in [0.1, 0.15) is 6.92 Å². The van der Waals surface area contributed by atoms with E-state index in [2.05, 4.69) is 12.8 Å². The number of thiol groups is 1. The quantitative estimate of drug-likeness (QED) is 0.533. The van der Waals surface area contributed by atoms with Crippen molar-refractivity contribution in [1.82, 2.24) is 4.31 Å². The number of carboxylic acids is 1. The molecule has 0 unspecified atom stereocenters. The van der Waals surface area contributed by atoms with E-state index >= 15 is 0 Å². The van der Waals surface area contributed by atoms with Crippen molar-refractivity contribution in [1.29, 1.82) is 0 Å². The highest BCUT2D eigenvalue weighted by Gasteiger charge is 2.12. The van der Waals surface area contributed by atoms with Gasteiger partial charge in [0.15, 0.2) is 0 Å². The van der Waals surface area contributed by atoms with E-state index in [9.17, 15) is 4.79 Å². The summed E-state index contributed by atoms with van der Waals surface area (Å²) >= 11 is 3.78. The van der Waals surface area contributed by atoms with Gasteiger partial charge in [-0.25, -0.2) is 4.31 Å². The van der Waals surface area contributed by atoms with Crippen LogP contribution in [-0.2, 0) is 4.79 Å². The second-order valence-electron chi connectivity index (χ2n) is 1.59. The Hall–Kier alpha value is -0.220. The van der Waals surface area contributed by atoms with Crippen LogP contribution in [0.15, 0.2) is 0 Å². The summed E-state index contributed by atoms with van der Waals surface area (Å²) < 4.78 is 1.34. The minimum Gasteiger partial charge on any atom is -0.480 e. The Bertz CT molecular complexity index is 94.0. The molecule has 4 heteroatoms. The van der Waals surface area contributed by atoms with Gasteiger partial charge in [0, 0.05) is 0 Å². The summed E-state index contributed by atoms with van der Waals surface area (Å²) in [4.78, 5) is 10.1. The van der Waals surface area contributed by atoms with Crippen LogP contribution in [-0.4, -0.2) is 28.5 Å². The lowest BCUT2D eigenvalue weighted by atomic mass is 10.4. The molecule has 0 aromatic carbocycles. The third kappa shape index (κ3) is 2.18. The zero-order valence-corrected chi connectivity index (χ0v) is 5.72. The summed E-state index contributed by atoms with van der Waals surface area (Å²) in [6.07, 6.45) is 0. The predicted octanol–water partition coefficient (Wildman–Crippen LogP) is 0.236. The molecular weight excluding hydrogens is 126 g/mol. The van der Waals surface area contributed by atoms with Crippen LogP contribution in [0.25, 0.3) is 0 Å². The van der Waals surface area contributed by atoms with Crippen LogP contribution >= 0.6 is 12.8 Å². The molecule has 1 atom stereocenters. The Morgan fingerprint density at radius 3 is 2.25 bits per heavy atom. The highest BCUT2D eigenvalue weighted by molar-refractivity contribution is 7.77. The maximum atomic E-state index is 10.1. The van der Waals surface area contributed by atoms with E-state index in [1.165, 1.54) is 4.31 Å². The standard InChI is InChI=1S/C4H9NO2S/c1-3(4(6)7)5(2)8/h3,8H,1-2H3,(H,6,7)/t3-/m1/s1. The molecule has 1 N–H and O–H groups in total. The first-order valence-electron chi connectivity index (χ1n) is 2.20. The molecule has 0 heterocycles. The number of hydrogen-bond acceptors (Lipinski definition) is 3. The average molecular weight is 135 g/mol. The minimum atomic E-state index is -0.859. The van der Waals surface area contributed by atoms with Crippen LogP contribution in [0, 0.1) is 0 Å². The minimum absolute atomic E-state index is 0.515. The Balaban J connectivity index is 3.64. The summed E-state index contributed by atoms with van der Waals surface area (Å²) in [6.45, 7) is 1.56. The molecule has 0 rings (SSSR count).